The van der Waals surface area contributed by atoms with Crippen LogP contribution in [0.4, 0.5) is 5.69 Å². The van der Waals surface area contributed by atoms with Crippen LogP contribution in [0, 0.1) is 0 Å². The van der Waals surface area contributed by atoms with Crippen molar-refractivity contribution in [2.75, 3.05) is 12.4 Å². The van der Waals surface area contributed by atoms with Gasteiger partial charge in [-0.25, -0.2) is 0 Å². The quantitative estimate of drug-likeness (QED) is 0.877. The van der Waals surface area contributed by atoms with Gasteiger partial charge in [0.05, 0.1) is 0 Å². The number of nitrogens with one attached hydrogen (secondary N) is 2. The van der Waals surface area contributed by atoms with Gasteiger partial charge in [0.1, 0.15) is 0 Å². The zero-order valence-electron chi connectivity index (χ0n) is 11.8. The first-order chi connectivity index (χ1) is 10.1. The largest absolute Gasteiger partial charge is 0.388 e. The predicted octanol–water partition coefficient (Wildman–Crippen LogP) is 3.95. The average molecular weight is 301 g/mol. The molecule has 0 aliphatic rings. The fraction of sp³-hybridized carbons (Fsp3) is 0.118. The summed E-state index contributed by atoms with van der Waals surface area (Å²) >= 11 is 5.83. The van der Waals surface area contributed by atoms with Gasteiger partial charge in [0.25, 0.3) is 5.91 Å². The minimum Gasteiger partial charge on any atom is -0.388 e. The number of hydrogen-bond acceptors (Lipinski definition) is 2. The van der Waals surface area contributed by atoms with Crippen LogP contribution in [-0.2, 0) is 6.54 Å². The van der Waals surface area contributed by atoms with Crippen molar-refractivity contribution in [2.45, 2.75) is 6.54 Å². The van der Waals surface area contributed by atoms with Gasteiger partial charge in [-0.05, 0) is 35.4 Å². The highest BCUT2D eigenvalue weighted by Crippen LogP contribution is 2.18. The van der Waals surface area contributed by atoms with Crippen LogP contribution >= 0.6 is 11.6 Å². The lowest BCUT2D eigenvalue weighted by Gasteiger charge is -2.09. The molecule has 21 heavy (non-hydrogen) atoms. The van der Waals surface area contributed by atoms with Crippen molar-refractivity contribution in [1.29, 1.82) is 0 Å². The molecular formula is C17H17ClN2O. The molecule has 4 heteroatoms. The Kier molecular flexibility index (Phi) is 5.01. The SMILES string of the molecule is C=Cc1ccc(C(=O)NCc2ccc(Cl)cc2)cc1NC. The van der Waals surface area contributed by atoms with Crippen molar-refractivity contribution in [3.05, 3.63) is 70.8 Å². The topological polar surface area (TPSA) is 41.1 Å². The van der Waals surface area contributed by atoms with Crippen molar-refractivity contribution in [1.82, 2.24) is 5.32 Å². The van der Waals surface area contributed by atoms with Crippen molar-refractivity contribution in [2.24, 2.45) is 0 Å². The lowest BCUT2D eigenvalue weighted by Crippen LogP contribution is -2.22. The molecule has 0 saturated carbocycles. The highest BCUT2D eigenvalue weighted by Gasteiger charge is 2.07. The monoisotopic (exact) mass is 300 g/mol. The van der Waals surface area contributed by atoms with E-state index in [1.165, 1.54) is 0 Å². The van der Waals surface area contributed by atoms with Gasteiger partial charge in [-0.2, -0.15) is 0 Å². The molecule has 0 atom stereocenters. The Hall–Kier alpha value is -2.26. The van der Waals surface area contributed by atoms with Crippen LogP contribution < -0.4 is 10.6 Å². The van der Waals surface area contributed by atoms with E-state index in [-0.39, 0.29) is 5.91 Å². The van der Waals surface area contributed by atoms with Gasteiger partial charge < -0.3 is 10.6 Å². The lowest BCUT2D eigenvalue weighted by atomic mass is 10.1. The highest BCUT2D eigenvalue weighted by atomic mass is 35.5. The third-order valence-corrected chi connectivity index (χ3v) is 3.42. The minimum atomic E-state index is -0.114. The maximum absolute atomic E-state index is 12.2. The maximum Gasteiger partial charge on any atom is 0.251 e. The molecule has 0 aliphatic heterocycles. The van der Waals surface area contributed by atoms with Crippen LogP contribution in [0.15, 0.2) is 49.0 Å². The molecule has 2 rings (SSSR count). The number of benzene rings is 2. The summed E-state index contributed by atoms with van der Waals surface area (Å²) in [5.74, 6) is -0.114. The second-order valence-electron chi connectivity index (χ2n) is 4.57. The summed E-state index contributed by atoms with van der Waals surface area (Å²) in [6, 6.07) is 12.9. The fourth-order valence-corrected chi connectivity index (χ4v) is 2.10. The summed E-state index contributed by atoms with van der Waals surface area (Å²) in [7, 11) is 1.82. The molecule has 0 fully saturated rings. The Balaban J connectivity index is 2.06. The Bertz CT molecular complexity index is 650. The van der Waals surface area contributed by atoms with Crippen LogP contribution in [-0.4, -0.2) is 13.0 Å². The predicted molar refractivity (Wildman–Crippen MR) is 88.7 cm³/mol. The standard InChI is InChI=1S/C17H17ClN2O/c1-3-13-6-7-14(10-16(13)19-2)17(21)20-11-12-4-8-15(18)9-5-12/h3-10,19H,1,11H2,2H3,(H,20,21). The van der Waals surface area contributed by atoms with Gasteiger partial charge in [0.15, 0.2) is 0 Å². The van der Waals surface area contributed by atoms with Crippen molar-refractivity contribution >= 4 is 29.3 Å². The first-order valence-electron chi connectivity index (χ1n) is 6.61. The molecule has 108 valence electrons. The molecule has 2 aromatic carbocycles. The molecule has 0 spiro atoms. The normalized spacial score (nSPS) is 10.0. The number of carbonyl (C=O) groups excluding carboxylic acids is 1. The average Bonchev–Trinajstić information content (AvgIpc) is 2.53. The summed E-state index contributed by atoms with van der Waals surface area (Å²) in [4.78, 5) is 12.2. The van der Waals surface area contributed by atoms with Crippen molar-refractivity contribution < 1.29 is 4.79 Å². The van der Waals surface area contributed by atoms with Gasteiger partial charge in [0, 0.05) is 29.9 Å². The second-order valence-corrected chi connectivity index (χ2v) is 5.00. The molecule has 0 heterocycles. The van der Waals surface area contributed by atoms with E-state index in [9.17, 15) is 4.79 Å². The third kappa shape index (κ3) is 3.86. The Labute approximate surface area is 129 Å². The fourth-order valence-electron chi connectivity index (χ4n) is 1.98. The van der Waals surface area contributed by atoms with Gasteiger partial charge in [0.2, 0.25) is 0 Å². The molecule has 0 aliphatic carbocycles. The molecule has 0 radical (unpaired) electrons. The van der Waals surface area contributed by atoms with Crippen LogP contribution in [0.1, 0.15) is 21.5 Å². The van der Waals surface area contributed by atoms with Gasteiger partial charge in [-0.15, -0.1) is 0 Å². The van der Waals surface area contributed by atoms with Crippen molar-refractivity contribution in [3.8, 4) is 0 Å². The Morgan fingerprint density at radius 3 is 2.57 bits per heavy atom. The molecule has 0 saturated heterocycles. The number of anilines is 1. The molecule has 2 N–H and O–H groups in total. The molecule has 2 aromatic rings. The zero-order valence-corrected chi connectivity index (χ0v) is 12.6. The first-order valence-corrected chi connectivity index (χ1v) is 6.98. The van der Waals surface area contributed by atoms with E-state index >= 15 is 0 Å². The molecule has 1 amide bonds. The van der Waals surface area contributed by atoms with E-state index in [0.717, 1.165) is 16.8 Å². The van der Waals surface area contributed by atoms with E-state index in [2.05, 4.69) is 17.2 Å². The maximum atomic E-state index is 12.2. The third-order valence-electron chi connectivity index (χ3n) is 3.17. The van der Waals surface area contributed by atoms with E-state index in [1.807, 2.05) is 31.3 Å². The van der Waals surface area contributed by atoms with E-state index in [4.69, 9.17) is 11.6 Å². The summed E-state index contributed by atoms with van der Waals surface area (Å²) in [6.07, 6.45) is 1.75. The molecule has 3 nitrogen and oxygen atoms in total. The molecule has 0 aromatic heterocycles. The lowest BCUT2D eigenvalue weighted by molar-refractivity contribution is 0.0951. The van der Waals surface area contributed by atoms with Crippen LogP contribution in [0.25, 0.3) is 6.08 Å². The van der Waals surface area contributed by atoms with Gasteiger partial charge in [-0.1, -0.05) is 42.5 Å². The van der Waals surface area contributed by atoms with Gasteiger partial charge in [-0.3, -0.25) is 4.79 Å². The van der Waals surface area contributed by atoms with E-state index in [0.29, 0.717) is 17.1 Å². The summed E-state index contributed by atoms with van der Waals surface area (Å²) in [5, 5.41) is 6.63. The number of rotatable bonds is 5. The number of amides is 1. The first kappa shape index (κ1) is 15.1. The summed E-state index contributed by atoms with van der Waals surface area (Å²) in [5.41, 5.74) is 3.46. The summed E-state index contributed by atoms with van der Waals surface area (Å²) in [6.45, 7) is 4.21. The second kappa shape index (κ2) is 6.95. The van der Waals surface area contributed by atoms with Crippen LogP contribution in [0.3, 0.4) is 0 Å². The Morgan fingerprint density at radius 2 is 1.95 bits per heavy atom. The smallest absolute Gasteiger partial charge is 0.251 e. The minimum absolute atomic E-state index is 0.114. The number of hydrogen-bond donors (Lipinski definition) is 2. The van der Waals surface area contributed by atoms with E-state index < -0.39 is 0 Å². The highest BCUT2D eigenvalue weighted by molar-refractivity contribution is 6.30. The number of halogens is 1. The molecule has 0 bridgehead atoms. The zero-order chi connectivity index (χ0) is 15.2. The van der Waals surface area contributed by atoms with Crippen LogP contribution in [0.5, 0.6) is 0 Å². The molecule has 0 unspecified atom stereocenters. The van der Waals surface area contributed by atoms with E-state index in [1.54, 1.807) is 24.3 Å². The van der Waals surface area contributed by atoms with Crippen molar-refractivity contribution in [3.63, 3.8) is 0 Å². The summed E-state index contributed by atoms with van der Waals surface area (Å²) < 4.78 is 0. The van der Waals surface area contributed by atoms with Gasteiger partial charge >= 0.3 is 0 Å². The Morgan fingerprint density at radius 1 is 1.24 bits per heavy atom. The molecular weight excluding hydrogens is 284 g/mol. The van der Waals surface area contributed by atoms with Crippen LogP contribution in [0.2, 0.25) is 5.02 Å². The number of carbonyl (C=O) groups is 1.